The molecule has 2 aromatic rings. The molecule has 0 unspecified atom stereocenters. The quantitative estimate of drug-likeness (QED) is 0.759. The summed E-state index contributed by atoms with van der Waals surface area (Å²) in [5, 5.41) is 13.2. The summed E-state index contributed by atoms with van der Waals surface area (Å²) in [6.07, 6.45) is 5.75. The zero-order chi connectivity index (χ0) is 19.4. The summed E-state index contributed by atoms with van der Waals surface area (Å²) in [7, 11) is 0. The Kier molecular flexibility index (Phi) is 4.21. The predicted octanol–water partition coefficient (Wildman–Crippen LogP) is 2.63. The first-order chi connectivity index (χ1) is 13.5. The van der Waals surface area contributed by atoms with Gasteiger partial charge in [0.25, 0.3) is 0 Å². The van der Waals surface area contributed by atoms with Gasteiger partial charge in [-0.3, -0.25) is 4.79 Å². The second kappa shape index (κ2) is 6.63. The number of hydrogen-bond donors (Lipinski definition) is 2. The summed E-state index contributed by atoms with van der Waals surface area (Å²) < 4.78 is 6.58. The summed E-state index contributed by atoms with van der Waals surface area (Å²) in [5.41, 5.74) is 0.103. The number of rotatable bonds is 3. The maximum atomic E-state index is 12.7. The van der Waals surface area contributed by atoms with E-state index in [0.29, 0.717) is 28.3 Å². The number of nitrogens with one attached hydrogen (secondary N) is 1. The molecule has 0 spiro atoms. The van der Waals surface area contributed by atoms with Gasteiger partial charge in [0.2, 0.25) is 5.43 Å². The van der Waals surface area contributed by atoms with E-state index in [2.05, 4.69) is 15.2 Å². The van der Waals surface area contributed by atoms with Crippen LogP contribution >= 0.6 is 11.6 Å². The SMILES string of the molecule is O=C(O)Oc1cn(C2CC2)c2c(Cl)c(N3C[C@@H]4CCCN[C@@H]4C3)ncc2c1=O. The number of pyridine rings is 2. The van der Waals surface area contributed by atoms with E-state index in [1.165, 1.54) is 25.2 Å². The van der Waals surface area contributed by atoms with E-state index < -0.39 is 11.6 Å². The van der Waals surface area contributed by atoms with Crippen molar-refractivity contribution in [1.82, 2.24) is 14.9 Å². The Morgan fingerprint density at radius 2 is 2.14 bits per heavy atom. The van der Waals surface area contributed by atoms with Gasteiger partial charge in [0.15, 0.2) is 5.75 Å². The van der Waals surface area contributed by atoms with Gasteiger partial charge in [0, 0.05) is 31.4 Å². The Labute approximate surface area is 166 Å². The van der Waals surface area contributed by atoms with Crippen molar-refractivity contribution in [2.24, 2.45) is 5.92 Å². The summed E-state index contributed by atoms with van der Waals surface area (Å²) in [6, 6.07) is 0.633. The fourth-order valence-electron chi connectivity index (χ4n) is 4.52. The Morgan fingerprint density at radius 1 is 1.32 bits per heavy atom. The van der Waals surface area contributed by atoms with Gasteiger partial charge in [-0.25, -0.2) is 9.78 Å². The van der Waals surface area contributed by atoms with E-state index in [0.717, 1.165) is 32.5 Å². The molecule has 2 saturated heterocycles. The van der Waals surface area contributed by atoms with Crippen LogP contribution in [0.15, 0.2) is 17.2 Å². The van der Waals surface area contributed by atoms with Crippen molar-refractivity contribution in [3.8, 4) is 5.75 Å². The molecule has 5 rings (SSSR count). The zero-order valence-electron chi connectivity index (χ0n) is 15.2. The van der Waals surface area contributed by atoms with Crippen LogP contribution in [-0.2, 0) is 0 Å². The highest BCUT2D eigenvalue weighted by Gasteiger charge is 2.36. The molecule has 2 aromatic heterocycles. The topological polar surface area (TPSA) is 96.7 Å². The molecule has 4 heterocycles. The van der Waals surface area contributed by atoms with Crippen LogP contribution in [0.2, 0.25) is 5.02 Å². The van der Waals surface area contributed by atoms with Crippen LogP contribution in [0.3, 0.4) is 0 Å². The minimum Gasteiger partial charge on any atom is -0.449 e. The molecule has 2 N–H and O–H groups in total. The van der Waals surface area contributed by atoms with Crippen LogP contribution in [0, 0.1) is 5.92 Å². The third-order valence-corrected chi connectivity index (χ3v) is 6.34. The van der Waals surface area contributed by atoms with Crippen molar-refractivity contribution in [3.05, 3.63) is 27.6 Å². The molecule has 1 aliphatic carbocycles. The minimum absolute atomic E-state index is 0.190. The average molecular weight is 405 g/mol. The second-order valence-corrected chi connectivity index (χ2v) is 8.23. The fraction of sp³-hybridized carbons (Fsp3) is 0.526. The maximum absolute atomic E-state index is 12.7. The normalized spacial score (nSPS) is 24.4. The standard InChI is InChI=1S/C19H21ClN4O4/c20-15-16-12(17(25)14(28-19(26)27)9-24(16)11-3-4-11)6-22-18(15)23-7-10-2-1-5-21-13(10)8-23/h6,9-11,13,21H,1-5,7-8H2,(H,26,27)/t10-,13+/m0/s1. The van der Waals surface area contributed by atoms with E-state index >= 15 is 0 Å². The first kappa shape index (κ1) is 17.8. The van der Waals surface area contributed by atoms with E-state index in [-0.39, 0.29) is 17.2 Å². The summed E-state index contributed by atoms with van der Waals surface area (Å²) in [4.78, 5) is 30.4. The molecule has 8 nitrogen and oxygen atoms in total. The molecule has 0 amide bonds. The summed E-state index contributed by atoms with van der Waals surface area (Å²) in [6.45, 7) is 2.78. The highest BCUT2D eigenvalue weighted by molar-refractivity contribution is 6.37. The van der Waals surface area contributed by atoms with Crippen molar-refractivity contribution in [2.75, 3.05) is 24.5 Å². The number of carboxylic acid groups (broad SMARTS) is 1. The van der Waals surface area contributed by atoms with E-state index in [1.807, 2.05) is 4.57 Å². The van der Waals surface area contributed by atoms with Crippen molar-refractivity contribution >= 4 is 34.5 Å². The van der Waals surface area contributed by atoms with E-state index in [9.17, 15) is 9.59 Å². The van der Waals surface area contributed by atoms with Crippen LogP contribution in [0.4, 0.5) is 10.6 Å². The Morgan fingerprint density at radius 3 is 2.86 bits per heavy atom. The van der Waals surface area contributed by atoms with Crippen molar-refractivity contribution < 1.29 is 14.6 Å². The number of ether oxygens (including phenoxy) is 1. The molecule has 2 atom stereocenters. The molecule has 28 heavy (non-hydrogen) atoms. The molecule has 0 radical (unpaired) electrons. The van der Waals surface area contributed by atoms with Gasteiger partial charge in [0.05, 0.1) is 17.1 Å². The van der Waals surface area contributed by atoms with Gasteiger partial charge in [-0.05, 0) is 38.1 Å². The minimum atomic E-state index is -1.51. The molecular weight excluding hydrogens is 384 g/mol. The molecule has 2 aliphatic heterocycles. The molecule has 0 bridgehead atoms. The molecular formula is C19H21ClN4O4. The van der Waals surface area contributed by atoms with Crippen LogP contribution in [0.25, 0.3) is 10.9 Å². The highest BCUT2D eigenvalue weighted by Crippen LogP contribution is 2.41. The molecule has 148 valence electrons. The summed E-state index contributed by atoms with van der Waals surface area (Å²) in [5.74, 6) is 1.05. The van der Waals surface area contributed by atoms with Gasteiger partial charge < -0.3 is 24.6 Å². The Balaban J connectivity index is 1.62. The smallest absolute Gasteiger partial charge is 0.449 e. The van der Waals surface area contributed by atoms with Crippen LogP contribution < -0.4 is 20.4 Å². The largest absolute Gasteiger partial charge is 0.511 e. The third-order valence-electron chi connectivity index (χ3n) is 5.99. The number of anilines is 1. The molecule has 3 fully saturated rings. The lowest BCUT2D eigenvalue weighted by molar-refractivity contribution is 0.143. The maximum Gasteiger partial charge on any atom is 0.511 e. The first-order valence-corrected chi connectivity index (χ1v) is 10.0. The summed E-state index contributed by atoms with van der Waals surface area (Å²) >= 11 is 6.78. The van der Waals surface area contributed by atoms with Crippen LogP contribution in [0.1, 0.15) is 31.7 Å². The van der Waals surface area contributed by atoms with Crippen LogP contribution in [0.5, 0.6) is 5.75 Å². The first-order valence-electron chi connectivity index (χ1n) is 9.65. The number of hydrogen-bond acceptors (Lipinski definition) is 6. The Hall–Kier alpha value is -2.32. The zero-order valence-corrected chi connectivity index (χ0v) is 16.0. The molecule has 9 heteroatoms. The van der Waals surface area contributed by atoms with E-state index in [4.69, 9.17) is 21.4 Å². The van der Waals surface area contributed by atoms with Crippen molar-refractivity contribution in [1.29, 1.82) is 0 Å². The number of carbonyl (C=O) groups is 1. The number of nitrogens with zero attached hydrogens (tertiary/aromatic N) is 3. The van der Waals surface area contributed by atoms with Gasteiger partial charge in [0.1, 0.15) is 10.8 Å². The Bertz CT molecular complexity index is 1010. The molecule has 3 aliphatic rings. The van der Waals surface area contributed by atoms with Gasteiger partial charge >= 0.3 is 6.16 Å². The average Bonchev–Trinajstić information content (AvgIpc) is 3.42. The lowest BCUT2D eigenvalue weighted by Gasteiger charge is -2.24. The lowest BCUT2D eigenvalue weighted by atomic mass is 9.94. The lowest BCUT2D eigenvalue weighted by Crippen LogP contribution is -2.40. The second-order valence-electron chi connectivity index (χ2n) is 7.85. The predicted molar refractivity (Wildman–Crippen MR) is 105 cm³/mol. The van der Waals surface area contributed by atoms with Crippen molar-refractivity contribution in [3.63, 3.8) is 0 Å². The van der Waals surface area contributed by atoms with Crippen molar-refractivity contribution in [2.45, 2.75) is 37.8 Å². The monoisotopic (exact) mass is 404 g/mol. The number of fused-ring (bicyclic) bond motifs is 2. The molecule has 0 aromatic carbocycles. The fourth-order valence-corrected chi connectivity index (χ4v) is 4.88. The van der Waals surface area contributed by atoms with Gasteiger partial charge in [-0.15, -0.1) is 0 Å². The highest BCUT2D eigenvalue weighted by atomic mass is 35.5. The van der Waals surface area contributed by atoms with Gasteiger partial charge in [-0.2, -0.15) is 0 Å². The number of halogens is 1. The van der Waals surface area contributed by atoms with Gasteiger partial charge in [-0.1, -0.05) is 11.6 Å². The van der Waals surface area contributed by atoms with E-state index in [1.54, 1.807) is 0 Å². The number of aromatic nitrogens is 2. The third kappa shape index (κ3) is 2.91. The van der Waals surface area contributed by atoms with Crippen LogP contribution in [-0.4, -0.2) is 46.5 Å². The number of piperidine rings is 1. The molecule has 1 saturated carbocycles.